The highest BCUT2D eigenvalue weighted by Gasteiger charge is 2.47. The van der Waals surface area contributed by atoms with Crippen LogP contribution in [-0.2, 0) is 23.8 Å². The number of carbonyl (C=O) groups excluding carboxylic acids is 2. The number of hydrogen-bond donors (Lipinski definition) is 6. The smallest absolute Gasteiger partial charge is 0.306 e. The van der Waals surface area contributed by atoms with Crippen molar-refractivity contribution in [2.75, 3.05) is 13.2 Å². The quantitative estimate of drug-likeness (QED) is 0.0195. The average Bonchev–Trinajstić information content (AvgIpc) is 3.52. The van der Waals surface area contributed by atoms with E-state index in [4.69, 9.17) is 14.2 Å². The van der Waals surface area contributed by atoms with Crippen LogP contribution in [0.4, 0.5) is 0 Å². The SMILES string of the molecule is CCCCC/C=C\C/C=C\C/C=C\CCCCCCCCCC(O)C(=O)NC(COC1OC(CO)C(O)C(O)C1OC(=O)CCCCCCCCCCCCCCC/C=C/CCCCCCCC)C(O)/C=C/CCCCCCCCCCCC. The predicted octanol–water partition coefficient (Wildman–Crippen LogP) is 18.1. The van der Waals surface area contributed by atoms with Crippen molar-refractivity contribution in [3.8, 4) is 0 Å². The Hall–Kier alpha value is -2.64. The summed E-state index contributed by atoms with van der Waals surface area (Å²) >= 11 is 0. The number of aliphatic hydroxyl groups excluding tert-OH is 5. The lowest BCUT2D eigenvalue weighted by Crippen LogP contribution is -2.61. The first kappa shape index (κ1) is 79.4. The molecule has 1 rings (SSSR count). The van der Waals surface area contributed by atoms with Gasteiger partial charge in [0.05, 0.1) is 25.4 Å². The van der Waals surface area contributed by atoms with Crippen molar-refractivity contribution in [2.24, 2.45) is 0 Å². The first-order valence-electron chi connectivity index (χ1n) is 35.6. The summed E-state index contributed by atoms with van der Waals surface area (Å²) in [7, 11) is 0. The van der Waals surface area contributed by atoms with Crippen LogP contribution in [0, 0.1) is 0 Å². The number of nitrogens with one attached hydrogen (secondary N) is 1. The molecule has 0 aromatic carbocycles. The lowest BCUT2D eigenvalue weighted by Gasteiger charge is -2.41. The van der Waals surface area contributed by atoms with E-state index in [9.17, 15) is 35.1 Å². The van der Waals surface area contributed by atoms with E-state index >= 15 is 0 Å². The van der Waals surface area contributed by atoms with Crippen LogP contribution in [0.1, 0.15) is 329 Å². The summed E-state index contributed by atoms with van der Waals surface area (Å²) in [5.41, 5.74) is 0. The fourth-order valence-corrected chi connectivity index (χ4v) is 11.0. The molecule has 1 heterocycles. The van der Waals surface area contributed by atoms with Gasteiger partial charge in [-0.25, -0.2) is 0 Å². The molecule has 1 fully saturated rings. The lowest BCUT2D eigenvalue weighted by atomic mass is 9.99. The second-order valence-corrected chi connectivity index (χ2v) is 24.6. The molecule has 1 aliphatic heterocycles. The topological polar surface area (TPSA) is 175 Å². The number of rotatable bonds is 61. The Kier molecular flexibility index (Phi) is 57.3. The average molecular weight is 1180 g/mol. The summed E-state index contributed by atoms with van der Waals surface area (Å²) in [4.78, 5) is 26.7. The number of esters is 1. The standard InChI is InChI=1S/C73H133NO10/c1-4-7-10-13-16-19-22-25-27-29-31-33-34-35-37-39-41-43-46-49-52-55-58-61-68(78)84-71-70(80)69(79)67(62-75)83-73(71)82-63-64(65(76)59-56-53-50-47-44-24-21-18-15-12-9-6-3)74-72(81)66(77)60-57-54-51-48-45-42-40-38-36-32-30-28-26-23-20-17-14-11-8-5-2/h17,20,25-28,32,36,56,59,64-67,69-71,73,75-77,79-80H,4-16,18-19,21-24,29-31,33-35,37-55,57-58,60-63H2,1-3H3,(H,74,81)/b20-17-,27-25+,28-26-,36-32-,59-56+. The molecule has 8 unspecified atom stereocenters. The molecular weight excluding hydrogens is 1050 g/mol. The van der Waals surface area contributed by atoms with Crippen molar-refractivity contribution >= 4 is 11.9 Å². The lowest BCUT2D eigenvalue weighted by molar-refractivity contribution is -0.305. The van der Waals surface area contributed by atoms with Crippen molar-refractivity contribution < 1.29 is 49.3 Å². The molecule has 84 heavy (non-hydrogen) atoms. The zero-order valence-electron chi connectivity index (χ0n) is 54.5. The Balaban J connectivity index is 2.58. The Morgan fingerprint density at radius 3 is 1.26 bits per heavy atom. The van der Waals surface area contributed by atoms with Crippen LogP contribution in [0.2, 0.25) is 0 Å². The van der Waals surface area contributed by atoms with E-state index in [1.165, 1.54) is 199 Å². The van der Waals surface area contributed by atoms with Gasteiger partial charge in [-0.05, 0) is 89.9 Å². The van der Waals surface area contributed by atoms with E-state index in [2.05, 4.69) is 74.7 Å². The second-order valence-electron chi connectivity index (χ2n) is 24.6. The maximum Gasteiger partial charge on any atom is 0.306 e. The Labute approximate surface area is 516 Å². The fourth-order valence-electron chi connectivity index (χ4n) is 11.0. The van der Waals surface area contributed by atoms with E-state index in [1.807, 2.05) is 6.08 Å². The number of allylic oxidation sites excluding steroid dienone is 9. The summed E-state index contributed by atoms with van der Waals surface area (Å²) in [6.45, 7) is 5.79. The van der Waals surface area contributed by atoms with Gasteiger partial charge in [0.2, 0.25) is 5.91 Å². The first-order chi connectivity index (χ1) is 41.2. The molecule has 0 bridgehead atoms. The van der Waals surface area contributed by atoms with E-state index in [1.54, 1.807) is 6.08 Å². The highest BCUT2D eigenvalue weighted by Crippen LogP contribution is 2.26. The van der Waals surface area contributed by atoms with Gasteiger partial charge in [-0.3, -0.25) is 9.59 Å². The zero-order valence-corrected chi connectivity index (χ0v) is 54.5. The minimum Gasteiger partial charge on any atom is -0.454 e. The molecule has 0 aliphatic carbocycles. The first-order valence-corrected chi connectivity index (χ1v) is 35.6. The third kappa shape index (κ3) is 47.4. The van der Waals surface area contributed by atoms with Crippen LogP contribution < -0.4 is 5.32 Å². The van der Waals surface area contributed by atoms with Crippen LogP contribution in [0.15, 0.2) is 60.8 Å². The molecule has 1 saturated heterocycles. The molecule has 0 radical (unpaired) electrons. The summed E-state index contributed by atoms with van der Waals surface area (Å²) < 4.78 is 17.7. The van der Waals surface area contributed by atoms with Crippen molar-refractivity contribution in [1.29, 1.82) is 0 Å². The third-order valence-corrected chi connectivity index (χ3v) is 16.6. The normalized spacial score (nSPS) is 18.8. The van der Waals surface area contributed by atoms with Crippen molar-refractivity contribution in [2.45, 2.75) is 378 Å². The molecule has 11 nitrogen and oxygen atoms in total. The van der Waals surface area contributed by atoms with Gasteiger partial charge in [-0.15, -0.1) is 0 Å². The van der Waals surface area contributed by atoms with Crippen LogP contribution in [0.25, 0.3) is 0 Å². The van der Waals surface area contributed by atoms with Crippen molar-refractivity contribution in [1.82, 2.24) is 5.32 Å². The summed E-state index contributed by atoms with van der Waals surface area (Å²) in [6.07, 6.45) is 66.8. The molecule has 1 aliphatic rings. The number of hydrogen-bond acceptors (Lipinski definition) is 10. The van der Waals surface area contributed by atoms with Gasteiger partial charge in [0.25, 0.3) is 0 Å². The molecule has 6 N–H and O–H groups in total. The Bertz CT molecular complexity index is 1600. The Morgan fingerprint density at radius 1 is 0.464 bits per heavy atom. The maximum absolute atomic E-state index is 13.5. The summed E-state index contributed by atoms with van der Waals surface area (Å²) in [5, 5.41) is 57.2. The maximum atomic E-state index is 13.5. The Morgan fingerprint density at radius 2 is 0.821 bits per heavy atom. The zero-order chi connectivity index (χ0) is 61.0. The predicted molar refractivity (Wildman–Crippen MR) is 352 cm³/mol. The fraction of sp³-hybridized carbons (Fsp3) is 0.836. The highest BCUT2D eigenvalue weighted by atomic mass is 16.7. The number of aliphatic hydroxyl groups is 5. The van der Waals surface area contributed by atoms with Crippen LogP contribution in [0.5, 0.6) is 0 Å². The number of ether oxygens (including phenoxy) is 3. The monoisotopic (exact) mass is 1180 g/mol. The van der Waals surface area contributed by atoms with Gasteiger partial charge >= 0.3 is 5.97 Å². The van der Waals surface area contributed by atoms with Crippen LogP contribution in [0.3, 0.4) is 0 Å². The number of amides is 1. The molecule has 11 heteroatoms. The molecule has 0 saturated carbocycles. The van der Waals surface area contributed by atoms with E-state index < -0.39 is 67.4 Å². The van der Waals surface area contributed by atoms with Gasteiger partial charge < -0.3 is 45.1 Å². The second kappa shape index (κ2) is 60.6. The summed E-state index contributed by atoms with van der Waals surface area (Å²) in [6, 6.07) is -1.03. The largest absolute Gasteiger partial charge is 0.454 e. The van der Waals surface area contributed by atoms with Gasteiger partial charge in [-0.1, -0.05) is 293 Å². The van der Waals surface area contributed by atoms with Crippen molar-refractivity contribution in [3.63, 3.8) is 0 Å². The van der Waals surface area contributed by atoms with Gasteiger partial charge in [0, 0.05) is 6.42 Å². The molecule has 0 aromatic heterocycles. The minimum atomic E-state index is -1.62. The van der Waals surface area contributed by atoms with Gasteiger partial charge in [-0.2, -0.15) is 0 Å². The van der Waals surface area contributed by atoms with E-state index in [0.717, 1.165) is 83.5 Å². The molecule has 0 aromatic rings. The van der Waals surface area contributed by atoms with Gasteiger partial charge in [0.15, 0.2) is 12.4 Å². The minimum absolute atomic E-state index is 0.123. The van der Waals surface area contributed by atoms with E-state index in [0.29, 0.717) is 12.8 Å². The number of unbranched alkanes of at least 4 members (excludes halogenated alkanes) is 39. The van der Waals surface area contributed by atoms with Crippen LogP contribution >= 0.6 is 0 Å². The number of carbonyl (C=O) groups is 2. The molecule has 490 valence electrons. The molecule has 0 spiro atoms. The van der Waals surface area contributed by atoms with Crippen LogP contribution in [-0.4, -0.2) is 99.6 Å². The molecule has 1 amide bonds. The van der Waals surface area contributed by atoms with Gasteiger partial charge in [0.1, 0.15) is 24.4 Å². The molecule has 8 atom stereocenters. The molecular formula is C73H133NO10. The summed E-state index contributed by atoms with van der Waals surface area (Å²) in [5.74, 6) is -1.19. The third-order valence-electron chi connectivity index (χ3n) is 16.6. The van der Waals surface area contributed by atoms with Crippen molar-refractivity contribution in [3.05, 3.63) is 60.8 Å². The highest BCUT2D eigenvalue weighted by molar-refractivity contribution is 5.80. The van der Waals surface area contributed by atoms with E-state index in [-0.39, 0.29) is 19.4 Å².